The van der Waals surface area contributed by atoms with Crippen molar-refractivity contribution >= 4 is 11.9 Å². The van der Waals surface area contributed by atoms with Crippen molar-refractivity contribution in [3.8, 4) is 0 Å². The molecular weight excluding hydrogens is 424 g/mol. The molecule has 3 atom stereocenters. The topological polar surface area (TPSA) is 129 Å². The third-order valence-corrected chi connectivity index (χ3v) is 8.08. The Balaban J connectivity index is 1.41. The van der Waals surface area contributed by atoms with Crippen molar-refractivity contribution in [2.45, 2.75) is 56.3 Å². The van der Waals surface area contributed by atoms with Crippen LogP contribution in [0.3, 0.4) is 0 Å². The Morgan fingerprint density at radius 1 is 1.18 bits per heavy atom. The van der Waals surface area contributed by atoms with E-state index in [1.165, 1.54) is 12.5 Å². The zero-order valence-corrected chi connectivity index (χ0v) is 18.6. The number of piperidine rings is 3. The van der Waals surface area contributed by atoms with Gasteiger partial charge in [-0.25, -0.2) is 14.8 Å². The number of amides is 1. The predicted molar refractivity (Wildman–Crippen MR) is 116 cm³/mol. The van der Waals surface area contributed by atoms with Crippen LogP contribution in [0.25, 0.3) is 0 Å². The van der Waals surface area contributed by atoms with Gasteiger partial charge in [0, 0.05) is 42.6 Å². The molecule has 3 N–H and O–H groups in total. The van der Waals surface area contributed by atoms with E-state index in [0.717, 1.165) is 51.6 Å². The molecule has 1 aliphatic carbocycles. The van der Waals surface area contributed by atoms with E-state index in [1.54, 1.807) is 24.5 Å². The van der Waals surface area contributed by atoms with Gasteiger partial charge in [-0.15, -0.1) is 0 Å². The zero-order chi connectivity index (χ0) is 23.1. The Bertz CT molecular complexity index is 984. The highest BCUT2D eigenvalue weighted by Gasteiger charge is 2.56. The molecule has 176 valence electrons. The summed E-state index contributed by atoms with van der Waals surface area (Å²) in [6, 6.07) is 2.64. The number of hydrogen-bond acceptors (Lipinski definition) is 7. The Labute approximate surface area is 192 Å². The summed E-state index contributed by atoms with van der Waals surface area (Å²) in [5.41, 5.74) is 4.56. The highest BCUT2D eigenvalue weighted by atomic mass is 16.6. The summed E-state index contributed by atoms with van der Waals surface area (Å²) < 4.78 is 11.7. The number of esters is 1. The monoisotopic (exact) mass is 455 g/mol. The van der Waals surface area contributed by atoms with Crippen molar-refractivity contribution in [3.05, 3.63) is 48.4 Å². The fraction of sp³-hybridized carbons (Fsp3) is 0.583. The number of ether oxygens (including phenoxy) is 1. The van der Waals surface area contributed by atoms with E-state index in [-0.39, 0.29) is 11.8 Å². The van der Waals surface area contributed by atoms with E-state index in [4.69, 9.17) is 14.9 Å². The largest absolute Gasteiger partial charge is 0.472 e. The van der Waals surface area contributed by atoms with Gasteiger partial charge in [0.1, 0.15) is 6.54 Å². The Kier molecular flexibility index (Phi) is 5.70. The number of nitrogens with two attached hydrogens (primary N) is 1. The van der Waals surface area contributed by atoms with E-state index in [1.807, 2.05) is 0 Å². The van der Waals surface area contributed by atoms with E-state index >= 15 is 0 Å². The van der Waals surface area contributed by atoms with Crippen molar-refractivity contribution in [2.24, 2.45) is 17.6 Å². The van der Waals surface area contributed by atoms with Gasteiger partial charge in [-0.2, -0.15) is 0 Å². The average Bonchev–Trinajstić information content (AvgIpc) is 3.55. The highest BCUT2D eigenvalue weighted by molar-refractivity contribution is 5.82. The second-order valence-corrected chi connectivity index (χ2v) is 9.80. The average molecular weight is 456 g/mol. The molecule has 1 amide bonds. The summed E-state index contributed by atoms with van der Waals surface area (Å²) >= 11 is 0. The van der Waals surface area contributed by atoms with Crippen LogP contribution in [-0.4, -0.2) is 57.2 Å². The first kappa shape index (κ1) is 22.0. The molecule has 2 bridgehead atoms. The fourth-order valence-electron chi connectivity index (χ4n) is 6.33. The third-order valence-electron chi connectivity index (χ3n) is 8.08. The number of primary amides is 1. The van der Waals surface area contributed by atoms with Gasteiger partial charge in [-0.05, 0) is 25.0 Å². The fourth-order valence-corrected chi connectivity index (χ4v) is 6.33. The summed E-state index contributed by atoms with van der Waals surface area (Å²) in [5.74, 6) is -0.720. The van der Waals surface area contributed by atoms with E-state index in [2.05, 4.69) is 9.97 Å². The van der Waals surface area contributed by atoms with Gasteiger partial charge in [0.2, 0.25) is 6.04 Å². The number of aliphatic hydroxyl groups is 1. The predicted octanol–water partition coefficient (Wildman–Crippen LogP) is 1.83. The molecule has 9 heteroatoms. The van der Waals surface area contributed by atoms with Gasteiger partial charge in [0.05, 0.1) is 25.6 Å². The second kappa shape index (κ2) is 8.53. The van der Waals surface area contributed by atoms with Crippen molar-refractivity contribution in [3.63, 3.8) is 0 Å². The summed E-state index contributed by atoms with van der Waals surface area (Å²) in [7, 11) is 0. The number of nitrogens with zero attached hydrogens (tertiary/aromatic N) is 3. The van der Waals surface area contributed by atoms with Crippen LogP contribution in [0, 0.1) is 11.8 Å². The summed E-state index contributed by atoms with van der Waals surface area (Å²) in [6.07, 6.45) is 10.8. The molecular formula is C24H31N4O5+. The normalized spacial score (nSPS) is 30.0. The summed E-state index contributed by atoms with van der Waals surface area (Å²) in [4.78, 5) is 34.7. The SMILES string of the molecule is NC(=O)C(c1ncccn1)[N+]12CCC(CC1)[C@@H](OC(=O)C(O)(c1ccoc1)C1CCCC1)C2. The van der Waals surface area contributed by atoms with E-state index in [0.29, 0.717) is 22.4 Å². The number of fused-ring (bicyclic) bond motifs is 3. The molecule has 0 radical (unpaired) electrons. The number of hydrogen-bond donors (Lipinski definition) is 2. The third kappa shape index (κ3) is 3.73. The zero-order valence-electron chi connectivity index (χ0n) is 18.6. The molecule has 4 fully saturated rings. The summed E-state index contributed by atoms with van der Waals surface area (Å²) in [6.45, 7) is 1.95. The highest BCUT2D eigenvalue weighted by Crippen LogP contribution is 2.45. The summed E-state index contributed by atoms with van der Waals surface area (Å²) in [5, 5.41) is 11.6. The molecule has 4 aliphatic rings. The first-order valence-corrected chi connectivity index (χ1v) is 11.8. The molecule has 0 spiro atoms. The molecule has 2 aromatic rings. The van der Waals surface area contributed by atoms with Crippen LogP contribution in [0.2, 0.25) is 0 Å². The molecule has 1 saturated carbocycles. The lowest BCUT2D eigenvalue weighted by Gasteiger charge is -2.54. The number of rotatable bonds is 7. The van der Waals surface area contributed by atoms with Crippen LogP contribution in [0.1, 0.15) is 56.0 Å². The lowest BCUT2D eigenvalue weighted by atomic mass is 9.79. The molecule has 0 aromatic carbocycles. The smallest absolute Gasteiger partial charge is 0.343 e. The van der Waals surface area contributed by atoms with Crippen LogP contribution in [0.5, 0.6) is 0 Å². The van der Waals surface area contributed by atoms with Gasteiger partial charge in [0.25, 0.3) is 5.91 Å². The molecule has 9 nitrogen and oxygen atoms in total. The Hall–Kier alpha value is -2.78. The minimum Gasteiger partial charge on any atom is -0.472 e. The maximum Gasteiger partial charge on any atom is 0.343 e. The van der Waals surface area contributed by atoms with E-state index < -0.39 is 29.6 Å². The van der Waals surface area contributed by atoms with Crippen LogP contribution in [0.4, 0.5) is 0 Å². The van der Waals surface area contributed by atoms with Gasteiger partial charge in [-0.1, -0.05) is 12.8 Å². The molecule has 33 heavy (non-hydrogen) atoms. The van der Waals surface area contributed by atoms with Gasteiger partial charge in [-0.3, -0.25) is 4.79 Å². The molecule has 2 unspecified atom stereocenters. The van der Waals surface area contributed by atoms with Crippen LogP contribution >= 0.6 is 0 Å². The van der Waals surface area contributed by atoms with E-state index in [9.17, 15) is 14.7 Å². The van der Waals surface area contributed by atoms with Crippen molar-refractivity contribution in [1.29, 1.82) is 0 Å². The molecule has 2 aromatic heterocycles. The first-order valence-electron chi connectivity index (χ1n) is 11.8. The Morgan fingerprint density at radius 2 is 1.88 bits per heavy atom. The quantitative estimate of drug-likeness (QED) is 0.481. The maximum absolute atomic E-state index is 13.5. The number of furan rings is 1. The number of carbonyl (C=O) groups excluding carboxylic acids is 2. The second-order valence-electron chi connectivity index (χ2n) is 9.80. The molecule has 5 heterocycles. The van der Waals surface area contributed by atoms with Crippen molar-refractivity contribution in [1.82, 2.24) is 9.97 Å². The van der Waals surface area contributed by atoms with Crippen LogP contribution < -0.4 is 5.73 Å². The standard InChI is InChI=1S/C24H30N4O5/c25-21(29)20(22-26-9-3-10-27-22)28-11-6-16(7-12-28)19(14-28)33-23(30)24(31,17-4-1-2-5-17)18-8-13-32-15-18/h3,8-10,13,15-17,19-20,31H,1-2,4-7,11-12,14H2,(H-,25,29)/p+1/t16?,19-,20?,24?,28?/m0/s1. The number of aromatic nitrogens is 2. The number of carbonyl (C=O) groups is 2. The lowest BCUT2D eigenvalue weighted by Crippen LogP contribution is -2.68. The van der Waals surface area contributed by atoms with Gasteiger partial charge >= 0.3 is 5.97 Å². The van der Waals surface area contributed by atoms with Crippen LogP contribution in [0.15, 0.2) is 41.5 Å². The number of quaternary nitrogens is 1. The van der Waals surface area contributed by atoms with Crippen molar-refractivity contribution in [2.75, 3.05) is 19.6 Å². The minimum atomic E-state index is -1.73. The lowest BCUT2D eigenvalue weighted by molar-refractivity contribution is -0.965. The molecule has 6 rings (SSSR count). The van der Waals surface area contributed by atoms with Gasteiger partial charge in [0.15, 0.2) is 17.5 Å². The molecule has 3 saturated heterocycles. The van der Waals surface area contributed by atoms with Gasteiger partial charge < -0.3 is 24.5 Å². The minimum absolute atomic E-state index is 0.191. The maximum atomic E-state index is 13.5. The Morgan fingerprint density at radius 3 is 2.48 bits per heavy atom. The molecule has 3 aliphatic heterocycles. The van der Waals surface area contributed by atoms with Crippen molar-refractivity contribution < 1.29 is 28.3 Å². The van der Waals surface area contributed by atoms with Crippen LogP contribution in [-0.2, 0) is 19.9 Å². The first-order chi connectivity index (χ1) is 15.9.